The van der Waals surface area contributed by atoms with Crippen LogP contribution in [0.1, 0.15) is 11.5 Å². The third-order valence-corrected chi connectivity index (χ3v) is 2.01. The maximum atomic E-state index is 10.4. The van der Waals surface area contributed by atoms with Crippen LogP contribution in [0, 0.1) is 10.1 Å². The Hall–Kier alpha value is -2.77. The minimum absolute atomic E-state index is 0.301. The monoisotopic (exact) mass is 247 g/mol. The quantitative estimate of drug-likeness (QED) is 0.645. The van der Waals surface area contributed by atoms with Gasteiger partial charge in [-0.25, -0.2) is 4.98 Å². The summed E-state index contributed by atoms with van der Waals surface area (Å²) < 4.78 is 4.94. The lowest BCUT2D eigenvalue weighted by Crippen LogP contribution is -1.98. The molecule has 0 bridgehead atoms. The largest absolute Gasteiger partial charge is 0.433 e. The summed E-state index contributed by atoms with van der Waals surface area (Å²) >= 11 is 0. The van der Waals surface area contributed by atoms with Gasteiger partial charge >= 0.3 is 5.88 Å². The first-order chi connectivity index (χ1) is 8.69. The van der Waals surface area contributed by atoms with Gasteiger partial charge in [0.05, 0.1) is 12.3 Å². The van der Waals surface area contributed by atoms with Crippen molar-refractivity contribution >= 4 is 24.0 Å². The Labute approximate surface area is 102 Å². The molecule has 0 atom stereocenters. The Kier molecular flexibility index (Phi) is 3.28. The minimum Gasteiger partial charge on any atom is -0.401 e. The van der Waals surface area contributed by atoms with Crippen LogP contribution in [0.15, 0.2) is 22.7 Å². The number of nitrogens with zero attached hydrogens (tertiary/aromatic N) is 4. The molecule has 0 spiro atoms. The summed E-state index contributed by atoms with van der Waals surface area (Å²) in [4.78, 5) is 13.8. The Morgan fingerprint density at radius 1 is 1.39 bits per heavy atom. The minimum atomic E-state index is -0.597. The zero-order valence-electron chi connectivity index (χ0n) is 9.40. The van der Waals surface area contributed by atoms with Crippen LogP contribution in [-0.2, 0) is 0 Å². The van der Waals surface area contributed by atoms with Crippen molar-refractivity contribution in [3.63, 3.8) is 0 Å². The number of hydrogen-bond acceptors (Lipinski definition) is 7. The number of rotatable bonds is 4. The maximum absolute atomic E-state index is 10.4. The van der Waals surface area contributed by atoms with Gasteiger partial charge in [0.1, 0.15) is 16.4 Å². The van der Waals surface area contributed by atoms with E-state index >= 15 is 0 Å². The molecule has 0 fully saturated rings. The molecule has 1 N–H and O–H groups in total. The molecule has 0 aromatic carbocycles. The highest BCUT2D eigenvalue weighted by atomic mass is 16.6. The summed E-state index contributed by atoms with van der Waals surface area (Å²) in [6, 6.07) is 2.78. The van der Waals surface area contributed by atoms with Crippen LogP contribution in [0.3, 0.4) is 0 Å². The molecule has 2 aromatic heterocycles. The molecular weight excluding hydrogens is 238 g/mol. The Bertz CT molecular complexity index is 575. The number of nitro groups is 1. The summed E-state index contributed by atoms with van der Waals surface area (Å²) in [5, 5.41) is 20.8. The molecule has 2 aromatic rings. The lowest BCUT2D eigenvalue weighted by atomic mass is 10.3. The first-order valence-electron chi connectivity index (χ1n) is 4.99. The standard InChI is InChI=1S/C10H9N5O3/c1-11-10-12-6-7(13-14-10)2-3-8-4-5-9(18-8)15(16)17/h2-6H,1H3,(H,11,12,14)/b3-2+. The molecule has 0 aliphatic heterocycles. The van der Waals surface area contributed by atoms with Crippen LogP contribution in [-0.4, -0.2) is 27.2 Å². The van der Waals surface area contributed by atoms with E-state index in [1.807, 2.05) is 0 Å². The summed E-state index contributed by atoms with van der Waals surface area (Å²) in [7, 11) is 1.69. The SMILES string of the molecule is CNc1ncc(/C=C/c2ccc([N+](=O)[O-])o2)nn1. The van der Waals surface area contributed by atoms with Gasteiger partial charge < -0.3 is 9.73 Å². The first kappa shape index (κ1) is 11.7. The Balaban J connectivity index is 2.11. The fraction of sp³-hybridized carbons (Fsp3) is 0.100. The van der Waals surface area contributed by atoms with E-state index in [0.717, 1.165) is 0 Å². The fourth-order valence-electron chi connectivity index (χ4n) is 1.17. The van der Waals surface area contributed by atoms with Gasteiger partial charge in [0.15, 0.2) is 0 Å². The topological polar surface area (TPSA) is 107 Å². The lowest BCUT2D eigenvalue weighted by molar-refractivity contribution is -0.402. The molecule has 0 unspecified atom stereocenters. The number of nitrogens with one attached hydrogen (secondary N) is 1. The Morgan fingerprint density at radius 2 is 2.22 bits per heavy atom. The highest BCUT2D eigenvalue weighted by Crippen LogP contribution is 2.17. The van der Waals surface area contributed by atoms with Crippen molar-refractivity contribution in [1.29, 1.82) is 0 Å². The molecule has 8 heteroatoms. The van der Waals surface area contributed by atoms with E-state index in [2.05, 4.69) is 20.5 Å². The van der Waals surface area contributed by atoms with Gasteiger partial charge in [-0.2, -0.15) is 0 Å². The van der Waals surface area contributed by atoms with Crippen molar-refractivity contribution in [3.8, 4) is 0 Å². The summed E-state index contributed by atoms with van der Waals surface area (Å²) in [6.07, 6.45) is 4.67. The van der Waals surface area contributed by atoms with Crippen molar-refractivity contribution in [2.24, 2.45) is 0 Å². The average molecular weight is 247 g/mol. The van der Waals surface area contributed by atoms with E-state index in [1.165, 1.54) is 18.3 Å². The van der Waals surface area contributed by atoms with E-state index in [-0.39, 0.29) is 5.88 Å². The number of aromatic nitrogens is 3. The second-order valence-corrected chi connectivity index (χ2v) is 3.22. The van der Waals surface area contributed by atoms with Crippen LogP contribution >= 0.6 is 0 Å². The predicted molar refractivity (Wildman–Crippen MR) is 63.7 cm³/mol. The van der Waals surface area contributed by atoms with E-state index in [9.17, 15) is 10.1 Å². The first-order valence-corrected chi connectivity index (χ1v) is 4.99. The molecule has 0 radical (unpaired) electrons. The van der Waals surface area contributed by atoms with Crippen LogP contribution in [0.2, 0.25) is 0 Å². The molecule has 18 heavy (non-hydrogen) atoms. The van der Waals surface area contributed by atoms with E-state index in [4.69, 9.17) is 4.42 Å². The number of anilines is 1. The number of furan rings is 1. The third-order valence-electron chi connectivity index (χ3n) is 2.01. The molecule has 2 rings (SSSR count). The van der Waals surface area contributed by atoms with Gasteiger partial charge in [-0.05, 0) is 18.2 Å². The summed E-state index contributed by atoms with van der Waals surface area (Å²) in [5.41, 5.74) is 0.521. The van der Waals surface area contributed by atoms with E-state index in [0.29, 0.717) is 17.4 Å². The molecule has 0 saturated heterocycles. The van der Waals surface area contributed by atoms with Gasteiger partial charge in [0.25, 0.3) is 0 Å². The molecule has 92 valence electrons. The maximum Gasteiger partial charge on any atom is 0.433 e. The van der Waals surface area contributed by atoms with Gasteiger partial charge in [0.2, 0.25) is 5.95 Å². The van der Waals surface area contributed by atoms with Gasteiger partial charge in [0, 0.05) is 7.05 Å². The second-order valence-electron chi connectivity index (χ2n) is 3.22. The van der Waals surface area contributed by atoms with Crippen molar-refractivity contribution < 1.29 is 9.34 Å². The molecule has 0 saturated carbocycles. The molecule has 0 aliphatic carbocycles. The molecule has 2 heterocycles. The molecule has 0 amide bonds. The van der Waals surface area contributed by atoms with Crippen molar-refractivity contribution in [2.75, 3.05) is 12.4 Å². The highest BCUT2D eigenvalue weighted by molar-refractivity contribution is 5.65. The molecule has 0 aliphatic rings. The van der Waals surface area contributed by atoms with Gasteiger partial charge in [-0.3, -0.25) is 10.1 Å². The second kappa shape index (κ2) is 5.04. The normalized spacial score (nSPS) is 10.7. The average Bonchev–Trinajstić information content (AvgIpc) is 2.86. The highest BCUT2D eigenvalue weighted by Gasteiger charge is 2.09. The van der Waals surface area contributed by atoms with Crippen LogP contribution < -0.4 is 5.32 Å². The Morgan fingerprint density at radius 3 is 2.78 bits per heavy atom. The van der Waals surface area contributed by atoms with Crippen LogP contribution in [0.4, 0.5) is 11.8 Å². The van der Waals surface area contributed by atoms with Crippen LogP contribution in [0.5, 0.6) is 0 Å². The fourth-order valence-corrected chi connectivity index (χ4v) is 1.17. The predicted octanol–water partition coefficient (Wildman–Crippen LogP) is 1.58. The third kappa shape index (κ3) is 2.67. The molecule has 8 nitrogen and oxygen atoms in total. The van der Waals surface area contributed by atoms with Crippen LogP contribution in [0.25, 0.3) is 12.2 Å². The van der Waals surface area contributed by atoms with E-state index in [1.54, 1.807) is 19.2 Å². The van der Waals surface area contributed by atoms with Gasteiger partial charge in [-0.15, -0.1) is 10.2 Å². The summed E-state index contributed by atoms with van der Waals surface area (Å²) in [5.74, 6) is 0.478. The van der Waals surface area contributed by atoms with Gasteiger partial charge in [-0.1, -0.05) is 0 Å². The molecular formula is C10H9N5O3. The van der Waals surface area contributed by atoms with Crippen molar-refractivity contribution in [2.45, 2.75) is 0 Å². The zero-order valence-corrected chi connectivity index (χ0v) is 9.40. The number of hydrogen-bond donors (Lipinski definition) is 1. The zero-order chi connectivity index (χ0) is 13.0. The van der Waals surface area contributed by atoms with Crippen molar-refractivity contribution in [3.05, 3.63) is 39.9 Å². The lowest BCUT2D eigenvalue weighted by Gasteiger charge is -1.95. The summed E-state index contributed by atoms with van der Waals surface area (Å²) in [6.45, 7) is 0. The van der Waals surface area contributed by atoms with Crippen molar-refractivity contribution in [1.82, 2.24) is 15.2 Å². The smallest absolute Gasteiger partial charge is 0.401 e. The van der Waals surface area contributed by atoms with E-state index < -0.39 is 4.92 Å².